The third kappa shape index (κ3) is 4.94. The number of urea groups is 1. The van der Waals surface area contributed by atoms with Gasteiger partial charge in [-0.1, -0.05) is 17.7 Å². The molecule has 0 saturated heterocycles. The van der Waals surface area contributed by atoms with Crippen LogP contribution in [0, 0.1) is 6.92 Å². The van der Waals surface area contributed by atoms with Gasteiger partial charge >= 0.3 is 6.03 Å². The zero-order valence-corrected chi connectivity index (χ0v) is 11.4. The quantitative estimate of drug-likeness (QED) is 0.770. The summed E-state index contributed by atoms with van der Waals surface area (Å²) in [5.74, 6) is 0. The van der Waals surface area contributed by atoms with Crippen molar-refractivity contribution in [2.24, 2.45) is 0 Å². The monoisotopic (exact) mass is 270 g/mol. The van der Waals surface area contributed by atoms with Gasteiger partial charge in [0.1, 0.15) is 0 Å². The molecule has 1 aromatic carbocycles. The topological polar surface area (TPSA) is 61.4 Å². The molecule has 0 aliphatic rings. The number of nitrogens with one attached hydrogen (secondary N) is 2. The average Bonchev–Trinajstić information content (AvgIpc) is 2.31. The van der Waals surface area contributed by atoms with Gasteiger partial charge in [0.15, 0.2) is 0 Å². The molecule has 1 aromatic rings. The van der Waals surface area contributed by atoms with E-state index < -0.39 is 0 Å². The van der Waals surface area contributed by atoms with Gasteiger partial charge in [-0.05, 0) is 44.4 Å². The molecule has 0 aliphatic carbocycles. The first-order valence-electron chi connectivity index (χ1n) is 5.97. The Balaban J connectivity index is 2.51. The summed E-state index contributed by atoms with van der Waals surface area (Å²) in [6.07, 6.45) is 1.43. The molecule has 1 unspecified atom stereocenters. The summed E-state index contributed by atoms with van der Waals surface area (Å²) in [4.78, 5) is 11.7. The third-order valence-corrected chi connectivity index (χ3v) is 2.86. The number of benzene rings is 1. The van der Waals surface area contributed by atoms with Crippen LogP contribution in [0.15, 0.2) is 18.2 Å². The van der Waals surface area contributed by atoms with E-state index in [1.54, 1.807) is 12.1 Å². The Bertz CT molecular complexity index is 410. The van der Waals surface area contributed by atoms with Crippen molar-refractivity contribution in [1.29, 1.82) is 0 Å². The van der Waals surface area contributed by atoms with Gasteiger partial charge in [0.2, 0.25) is 0 Å². The molecule has 0 heterocycles. The van der Waals surface area contributed by atoms with Crippen molar-refractivity contribution in [2.75, 3.05) is 11.9 Å². The highest BCUT2D eigenvalue weighted by Crippen LogP contribution is 2.19. The van der Waals surface area contributed by atoms with Crippen LogP contribution in [0.3, 0.4) is 0 Å². The fourth-order valence-electron chi connectivity index (χ4n) is 1.58. The van der Waals surface area contributed by atoms with Crippen LogP contribution in [0.25, 0.3) is 0 Å². The van der Waals surface area contributed by atoms with Gasteiger partial charge in [0.25, 0.3) is 0 Å². The van der Waals surface area contributed by atoms with Gasteiger partial charge in [0, 0.05) is 23.4 Å². The van der Waals surface area contributed by atoms with Crippen LogP contribution in [0.1, 0.15) is 25.3 Å². The second-order valence-corrected chi connectivity index (χ2v) is 4.76. The predicted octanol–water partition coefficient (Wildman–Crippen LogP) is 2.93. The van der Waals surface area contributed by atoms with Crippen LogP contribution in [0.2, 0.25) is 5.02 Å². The van der Waals surface area contributed by atoms with Crippen molar-refractivity contribution in [3.63, 3.8) is 0 Å². The Labute approximate surface area is 112 Å². The summed E-state index contributed by atoms with van der Waals surface area (Å²) in [5.41, 5.74) is 1.66. The zero-order valence-electron chi connectivity index (χ0n) is 10.7. The number of carbonyl (C=O) groups is 1. The molecule has 0 aliphatic heterocycles. The van der Waals surface area contributed by atoms with Crippen LogP contribution in [-0.4, -0.2) is 23.8 Å². The fraction of sp³-hybridized carbons (Fsp3) is 0.462. The number of rotatable bonds is 5. The summed E-state index contributed by atoms with van der Waals surface area (Å²) < 4.78 is 0. The highest BCUT2D eigenvalue weighted by atomic mass is 35.5. The Kier molecular flexibility index (Phi) is 5.95. The summed E-state index contributed by atoms with van der Waals surface area (Å²) >= 11 is 5.88. The van der Waals surface area contributed by atoms with Gasteiger partial charge in [0.05, 0.1) is 0 Å². The summed E-state index contributed by atoms with van der Waals surface area (Å²) in [6.45, 7) is 3.95. The number of halogens is 1. The first-order valence-corrected chi connectivity index (χ1v) is 6.35. The normalized spacial score (nSPS) is 12.0. The van der Waals surface area contributed by atoms with E-state index in [9.17, 15) is 4.79 Å². The number of aliphatic hydroxyl groups is 1. The van der Waals surface area contributed by atoms with Crippen LogP contribution in [0.5, 0.6) is 0 Å². The molecule has 18 heavy (non-hydrogen) atoms. The molecule has 0 bridgehead atoms. The Morgan fingerprint density at radius 3 is 2.89 bits per heavy atom. The molecule has 2 amide bonds. The highest BCUT2D eigenvalue weighted by Gasteiger charge is 2.08. The minimum atomic E-state index is -0.259. The molecule has 0 spiro atoms. The van der Waals surface area contributed by atoms with E-state index in [1.165, 1.54) is 0 Å². The lowest BCUT2D eigenvalue weighted by atomic mass is 10.2. The minimum absolute atomic E-state index is 0.0247. The first-order chi connectivity index (χ1) is 8.52. The van der Waals surface area contributed by atoms with Crippen molar-refractivity contribution in [2.45, 2.75) is 32.7 Å². The van der Waals surface area contributed by atoms with E-state index in [4.69, 9.17) is 16.7 Å². The van der Waals surface area contributed by atoms with Crippen LogP contribution in [-0.2, 0) is 0 Å². The maximum atomic E-state index is 11.7. The lowest BCUT2D eigenvalue weighted by Gasteiger charge is -2.15. The van der Waals surface area contributed by atoms with Gasteiger partial charge < -0.3 is 15.7 Å². The SMILES string of the molecule is Cc1ccc(Cl)cc1NC(=O)NC(C)CCCO. The second-order valence-electron chi connectivity index (χ2n) is 4.32. The first kappa shape index (κ1) is 14.8. The highest BCUT2D eigenvalue weighted by molar-refractivity contribution is 6.31. The van der Waals surface area contributed by atoms with Crippen LogP contribution >= 0.6 is 11.6 Å². The molecule has 1 rings (SSSR count). The lowest BCUT2D eigenvalue weighted by Crippen LogP contribution is -2.36. The van der Waals surface area contributed by atoms with E-state index in [2.05, 4.69) is 10.6 Å². The molecule has 3 N–H and O–H groups in total. The van der Waals surface area contributed by atoms with Gasteiger partial charge in [-0.25, -0.2) is 4.79 Å². The molecule has 0 saturated carbocycles. The van der Waals surface area contributed by atoms with Gasteiger partial charge in [-0.15, -0.1) is 0 Å². The summed E-state index contributed by atoms with van der Waals surface area (Å²) in [7, 11) is 0. The fourth-order valence-corrected chi connectivity index (χ4v) is 1.75. The molecule has 100 valence electrons. The van der Waals surface area contributed by atoms with E-state index in [1.807, 2.05) is 19.9 Å². The minimum Gasteiger partial charge on any atom is -0.396 e. The molecule has 1 atom stereocenters. The Morgan fingerprint density at radius 2 is 2.22 bits per heavy atom. The lowest BCUT2D eigenvalue weighted by molar-refractivity contribution is 0.245. The molecular formula is C13H19ClN2O2. The number of anilines is 1. The number of amides is 2. The number of aryl methyl sites for hydroxylation is 1. The smallest absolute Gasteiger partial charge is 0.319 e. The van der Waals surface area contributed by atoms with E-state index in [0.29, 0.717) is 17.1 Å². The van der Waals surface area contributed by atoms with Crippen LogP contribution in [0.4, 0.5) is 10.5 Å². The third-order valence-electron chi connectivity index (χ3n) is 2.62. The van der Waals surface area contributed by atoms with E-state index in [0.717, 1.165) is 12.0 Å². The zero-order chi connectivity index (χ0) is 13.5. The molecule has 0 radical (unpaired) electrons. The van der Waals surface area contributed by atoms with Crippen molar-refractivity contribution in [3.8, 4) is 0 Å². The number of hydrogen-bond donors (Lipinski definition) is 3. The summed E-state index contributed by atoms with van der Waals surface area (Å²) in [6, 6.07) is 5.12. The standard InChI is InChI=1S/C13H19ClN2O2/c1-9-5-6-11(14)8-12(9)16-13(18)15-10(2)4-3-7-17/h5-6,8,10,17H,3-4,7H2,1-2H3,(H2,15,16,18). The number of aliphatic hydroxyl groups excluding tert-OH is 1. The second kappa shape index (κ2) is 7.24. The average molecular weight is 271 g/mol. The predicted molar refractivity (Wildman–Crippen MR) is 74.1 cm³/mol. The van der Waals surface area contributed by atoms with Crippen LogP contribution < -0.4 is 10.6 Å². The van der Waals surface area contributed by atoms with Crippen molar-refractivity contribution >= 4 is 23.3 Å². The van der Waals surface area contributed by atoms with Gasteiger partial charge in [-0.3, -0.25) is 0 Å². The maximum Gasteiger partial charge on any atom is 0.319 e. The van der Waals surface area contributed by atoms with E-state index in [-0.39, 0.29) is 18.7 Å². The molecule has 4 nitrogen and oxygen atoms in total. The molecular weight excluding hydrogens is 252 g/mol. The van der Waals surface area contributed by atoms with E-state index >= 15 is 0 Å². The Morgan fingerprint density at radius 1 is 1.50 bits per heavy atom. The molecule has 0 fully saturated rings. The largest absolute Gasteiger partial charge is 0.396 e. The Hall–Kier alpha value is -1.26. The molecule has 5 heteroatoms. The summed E-state index contributed by atoms with van der Waals surface area (Å²) in [5, 5.41) is 14.9. The maximum absolute atomic E-state index is 11.7. The molecule has 0 aromatic heterocycles. The van der Waals surface area contributed by atoms with Crippen molar-refractivity contribution in [3.05, 3.63) is 28.8 Å². The van der Waals surface area contributed by atoms with Crippen molar-refractivity contribution < 1.29 is 9.90 Å². The number of hydrogen-bond acceptors (Lipinski definition) is 2. The van der Waals surface area contributed by atoms with Gasteiger partial charge in [-0.2, -0.15) is 0 Å². The van der Waals surface area contributed by atoms with Crippen molar-refractivity contribution in [1.82, 2.24) is 5.32 Å². The number of carbonyl (C=O) groups excluding carboxylic acids is 1.